The van der Waals surface area contributed by atoms with Gasteiger partial charge in [-0.15, -0.1) is 0 Å². The molecular formula is C19H22N2O4. The number of benzene rings is 2. The Balaban J connectivity index is 1.80. The van der Waals surface area contributed by atoms with Gasteiger partial charge in [0.25, 0.3) is 0 Å². The largest absolute Gasteiger partial charge is 0.495 e. The quantitative estimate of drug-likeness (QED) is 0.922. The molecule has 2 aliphatic rings. The van der Waals surface area contributed by atoms with Crippen molar-refractivity contribution in [3.63, 3.8) is 0 Å². The zero-order valence-electron chi connectivity index (χ0n) is 14.7. The van der Waals surface area contributed by atoms with E-state index in [1.165, 1.54) is 5.56 Å². The molecule has 0 radical (unpaired) electrons. The maximum Gasteiger partial charge on any atom is 0.231 e. The van der Waals surface area contributed by atoms with E-state index in [4.69, 9.17) is 18.9 Å². The molecule has 2 aromatic rings. The van der Waals surface area contributed by atoms with E-state index < -0.39 is 0 Å². The predicted molar refractivity (Wildman–Crippen MR) is 94.8 cm³/mol. The third kappa shape index (κ3) is 2.62. The molecule has 25 heavy (non-hydrogen) atoms. The molecule has 0 spiro atoms. The van der Waals surface area contributed by atoms with Gasteiger partial charge in [0.2, 0.25) is 12.5 Å². The van der Waals surface area contributed by atoms with E-state index in [0.717, 1.165) is 41.5 Å². The second-order valence-electron chi connectivity index (χ2n) is 6.19. The van der Waals surface area contributed by atoms with Crippen LogP contribution < -0.4 is 24.3 Å². The van der Waals surface area contributed by atoms with Gasteiger partial charge in [0.15, 0.2) is 11.5 Å². The van der Waals surface area contributed by atoms with Crippen LogP contribution in [0.5, 0.6) is 23.0 Å². The minimum Gasteiger partial charge on any atom is -0.495 e. The minimum atomic E-state index is -0.0514. The molecule has 0 aromatic heterocycles. The van der Waals surface area contributed by atoms with Gasteiger partial charge in [-0.1, -0.05) is 12.1 Å². The summed E-state index contributed by atoms with van der Waals surface area (Å²) in [6, 6.07) is 9.99. The lowest BCUT2D eigenvalue weighted by molar-refractivity contribution is 0.170. The van der Waals surface area contributed by atoms with E-state index in [2.05, 4.69) is 23.3 Å². The molecule has 132 valence electrons. The highest BCUT2D eigenvalue weighted by atomic mass is 16.7. The Bertz CT molecular complexity index is 793. The molecular weight excluding hydrogens is 320 g/mol. The molecule has 0 fully saturated rings. The topological polar surface area (TPSA) is 52.2 Å². The van der Waals surface area contributed by atoms with Gasteiger partial charge in [-0.25, -0.2) is 0 Å². The molecule has 2 aliphatic heterocycles. The Morgan fingerprint density at radius 1 is 1.16 bits per heavy atom. The lowest BCUT2D eigenvalue weighted by Gasteiger charge is -2.37. The van der Waals surface area contributed by atoms with Gasteiger partial charge in [-0.05, 0) is 37.2 Å². The van der Waals surface area contributed by atoms with Crippen LogP contribution in [0.15, 0.2) is 30.3 Å². The van der Waals surface area contributed by atoms with Crippen molar-refractivity contribution in [1.29, 1.82) is 0 Å². The molecule has 6 heteroatoms. The van der Waals surface area contributed by atoms with Gasteiger partial charge in [0.05, 0.1) is 19.9 Å². The smallest absolute Gasteiger partial charge is 0.231 e. The molecule has 1 atom stereocenters. The Hall–Kier alpha value is -2.60. The number of rotatable bonds is 4. The van der Waals surface area contributed by atoms with E-state index in [1.54, 1.807) is 14.2 Å². The lowest BCUT2D eigenvalue weighted by atomic mass is 9.94. The van der Waals surface area contributed by atoms with Crippen LogP contribution in [0.2, 0.25) is 0 Å². The van der Waals surface area contributed by atoms with Crippen molar-refractivity contribution in [3.8, 4) is 23.0 Å². The first-order valence-electron chi connectivity index (χ1n) is 8.32. The zero-order chi connectivity index (χ0) is 17.4. The van der Waals surface area contributed by atoms with Crippen LogP contribution in [0.3, 0.4) is 0 Å². The summed E-state index contributed by atoms with van der Waals surface area (Å²) in [6.45, 7) is 1.16. The highest BCUT2D eigenvalue weighted by molar-refractivity contribution is 5.64. The Morgan fingerprint density at radius 3 is 2.80 bits per heavy atom. The number of hydrogen-bond acceptors (Lipinski definition) is 6. The third-order valence-corrected chi connectivity index (χ3v) is 4.79. The summed E-state index contributed by atoms with van der Waals surface area (Å²) in [4.78, 5) is 2.26. The average Bonchev–Trinajstić information content (AvgIpc) is 3.11. The fraction of sp³-hybridized carbons (Fsp3) is 0.368. The second kappa shape index (κ2) is 6.37. The van der Waals surface area contributed by atoms with Crippen molar-refractivity contribution in [3.05, 3.63) is 41.5 Å². The van der Waals surface area contributed by atoms with Gasteiger partial charge in [-0.3, -0.25) is 4.90 Å². The lowest BCUT2D eigenvalue weighted by Crippen LogP contribution is -2.37. The van der Waals surface area contributed by atoms with Crippen LogP contribution in [0.4, 0.5) is 5.69 Å². The molecule has 6 nitrogen and oxygen atoms in total. The summed E-state index contributed by atoms with van der Waals surface area (Å²) in [5, 5.41) is 3.60. The SMILES string of the molecule is COc1ccccc1NC1c2c(cc3c(c2OC)OCO3)CCN1C. The molecule has 4 rings (SSSR count). The van der Waals surface area contributed by atoms with E-state index in [9.17, 15) is 0 Å². The van der Waals surface area contributed by atoms with Crippen LogP contribution >= 0.6 is 0 Å². The number of hydrogen-bond donors (Lipinski definition) is 1. The monoisotopic (exact) mass is 342 g/mol. The second-order valence-corrected chi connectivity index (χ2v) is 6.19. The molecule has 1 N–H and O–H groups in total. The van der Waals surface area contributed by atoms with Crippen molar-refractivity contribution < 1.29 is 18.9 Å². The fourth-order valence-corrected chi connectivity index (χ4v) is 3.53. The number of anilines is 1. The number of likely N-dealkylation sites (N-methyl/N-ethyl adjacent to an activating group) is 1. The van der Waals surface area contributed by atoms with Crippen LogP contribution in [0.1, 0.15) is 17.3 Å². The fourth-order valence-electron chi connectivity index (χ4n) is 3.53. The van der Waals surface area contributed by atoms with E-state index in [0.29, 0.717) is 5.75 Å². The molecule has 1 unspecified atom stereocenters. The summed E-state index contributed by atoms with van der Waals surface area (Å²) in [5.41, 5.74) is 3.24. The number of ether oxygens (including phenoxy) is 4. The molecule has 0 amide bonds. The average molecular weight is 342 g/mol. The minimum absolute atomic E-state index is 0.0514. The number of nitrogens with zero attached hydrogens (tertiary/aromatic N) is 1. The molecule has 0 saturated heterocycles. The van der Waals surface area contributed by atoms with E-state index in [-0.39, 0.29) is 13.0 Å². The molecule has 0 aliphatic carbocycles. The summed E-state index contributed by atoms with van der Waals surface area (Å²) in [7, 11) is 5.45. The van der Waals surface area contributed by atoms with Gasteiger partial charge < -0.3 is 24.3 Å². The Morgan fingerprint density at radius 2 is 2.00 bits per heavy atom. The highest BCUT2D eigenvalue weighted by Gasteiger charge is 2.34. The Labute approximate surface area is 147 Å². The van der Waals surface area contributed by atoms with Gasteiger partial charge in [0, 0.05) is 12.1 Å². The maximum absolute atomic E-state index is 5.73. The van der Waals surface area contributed by atoms with Crippen molar-refractivity contribution in [2.24, 2.45) is 0 Å². The molecule has 2 aromatic carbocycles. The predicted octanol–water partition coefficient (Wildman–Crippen LogP) is 3.03. The van der Waals surface area contributed by atoms with Gasteiger partial charge >= 0.3 is 0 Å². The van der Waals surface area contributed by atoms with Gasteiger partial charge in [-0.2, -0.15) is 0 Å². The van der Waals surface area contributed by atoms with Crippen molar-refractivity contribution in [1.82, 2.24) is 4.90 Å². The van der Waals surface area contributed by atoms with Crippen LogP contribution in [-0.4, -0.2) is 39.5 Å². The van der Waals surface area contributed by atoms with E-state index in [1.807, 2.05) is 24.3 Å². The number of para-hydroxylation sites is 2. The first-order chi connectivity index (χ1) is 12.2. The van der Waals surface area contributed by atoms with Crippen LogP contribution in [-0.2, 0) is 6.42 Å². The number of methoxy groups -OCH3 is 2. The molecule has 0 saturated carbocycles. The Kier molecular flexibility index (Phi) is 4.05. The van der Waals surface area contributed by atoms with Crippen LogP contribution in [0, 0.1) is 0 Å². The van der Waals surface area contributed by atoms with Gasteiger partial charge in [0.1, 0.15) is 11.9 Å². The first kappa shape index (κ1) is 15.9. The summed E-state index contributed by atoms with van der Waals surface area (Å²) < 4.78 is 22.4. The summed E-state index contributed by atoms with van der Waals surface area (Å²) >= 11 is 0. The highest BCUT2D eigenvalue weighted by Crippen LogP contribution is 2.49. The number of fused-ring (bicyclic) bond motifs is 2. The van der Waals surface area contributed by atoms with Crippen molar-refractivity contribution >= 4 is 5.69 Å². The normalized spacial score (nSPS) is 18.6. The maximum atomic E-state index is 5.73. The third-order valence-electron chi connectivity index (χ3n) is 4.79. The van der Waals surface area contributed by atoms with E-state index >= 15 is 0 Å². The zero-order valence-corrected chi connectivity index (χ0v) is 14.7. The molecule has 0 bridgehead atoms. The first-order valence-corrected chi connectivity index (χ1v) is 8.32. The standard InChI is InChI=1S/C19H22N2O4/c1-21-9-8-12-10-15-17(25-11-24-15)18(23-3)16(12)19(21)20-13-6-4-5-7-14(13)22-2/h4-7,10,19-20H,8-9,11H2,1-3H3. The summed E-state index contributed by atoms with van der Waals surface area (Å²) in [5.74, 6) is 2.99. The van der Waals surface area contributed by atoms with Crippen molar-refractivity contribution in [2.45, 2.75) is 12.6 Å². The number of nitrogens with one attached hydrogen (secondary N) is 1. The van der Waals surface area contributed by atoms with Crippen LogP contribution in [0.25, 0.3) is 0 Å². The van der Waals surface area contributed by atoms with Crippen molar-refractivity contribution in [2.75, 3.05) is 39.9 Å². The summed E-state index contributed by atoms with van der Waals surface area (Å²) in [6.07, 6.45) is 0.882. The molecule has 2 heterocycles.